The van der Waals surface area contributed by atoms with Crippen molar-refractivity contribution in [3.8, 4) is 0 Å². The van der Waals surface area contributed by atoms with Crippen LogP contribution in [0, 0.1) is 5.92 Å². The molecule has 0 spiro atoms. The Kier molecular flexibility index (Phi) is 4.93. The highest BCUT2D eigenvalue weighted by atomic mass is 35.5. The van der Waals surface area contributed by atoms with Gasteiger partial charge in [-0.1, -0.05) is 29.6 Å². The molecule has 4 nitrogen and oxygen atoms in total. The first-order valence-electron chi connectivity index (χ1n) is 6.33. The van der Waals surface area contributed by atoms with Crippen molar-refractivity contribution in [1.82, 2.24) is 15.5 Å². The van der Waals surface area contributed by atoms with Gasteiger partial charge in [-0.15, -0.1) is 10.2 Å². The van der Waals surface area contributed by atoms with Gasteiger partial charge in [0.1, 0.15) is 0 Å². The monoisotopic (exact) mass is 341 g/mol. The molecule has 0 aromatic carbocycles. The molecule has 2 rings (SSSR count). The van der Waals surface area contributed by atoms with Gasteiger partial charge in [0.25, 0.3) is 5.91 Å². The van der Waals surface area contributed by atoms with E-state index >= 15 is 0 Å². The molecule has 1 fully saturated rings. The standard InChI is InChI=1S/C12H12Cl2F3N3O/c13-9-5-8(10(14)20-19-9)11(21)18-7-3-1-2-6(4-7)12(15,16)17/h5-7H,1-4H2,(H,18,21). The molecule has 2 atom stereocenters. The number of amides is 1. The number of aromatic nitrogens is 2. The summed E-state index contributed by atoms with van der Waals surface area (Å²) in [6.07, 6.45) is -3.35. The maximum absolute atomic E-state index is 12.7. The van der Waals surface area contributed by atoms with E-state index in [0.717, 1.165) is 0 Å². The summed E-state index contributed by atoms with van der Waals surface area (Å²) in [5, 5.41) is 9.36. The van der Waals surface area contributed by atoms with Gasteiger partial charge >= 0.3 is 6.18 Å². The van der Waals surface area contributed by atoms with Gasteiger partial charge in [-0.2, -0.15) is 13.2 Å². The fourth-order valence-corrected chi connectivity index (χ4v) is 2.72. The molecule has 1 aliphatic carbocycles. The molecule has 0 saturated heterocycles. The molecule has 1 aliphatic rings. The van der Waals surface area contributed by atoms with E-state index < -0.39 is 24.0 Å². The lowest BCUT2D eigenvalue weighted by Crippen LogP contribution is -2.41. The summed E-state index contributed by atoms with van der Waals surface area (Å²) < 4.78 is 38.2. The predicted molar refractivity (Wildman–Crippen MR) is 71.3 cm³/mol. The molecule has 1 aromatic rings. The van der Waals surface area contributed by atoms with Crippen molar-refractivity contribution in [1.29, 1.82) is 0 Å². The summed E-state index contributed by atoms with van der Waals surface area (Å²) in [5.74, 6) is -1.98. The smallest absolute Gasteiger partial charge is 0.349 e. The summed E-state index contributed by atoms with van der Waals surface area (Å²) >= 11 is 11.4. The second-order valence-electron chi connectivity index (χ2n) is 4.95. The minimum atomic E-state index is -4.23. The SMILES string of the molecule is O=C(NC1CCCC(C(F)(F)F)C1)c1cc(Cl)nnc1Cl. The van der Waals surface area contributed by atoms with E-state index in [0.29, 0.717) is 12.8 Å². The van der Waals surface area contributed by atoms with Crippen LogP contribution in [0.4, 0.5) is 13.2 Å². The van der Waals surface area contributed by atoms with E-state index in [1.807, 2.05) is 0 Å². The van der Waals surface area contributed by atoms with E-state index in [2.05, 4.69) is 15.5 Å². The Labute approximate surface area is 129 Å². The van der Waals surface area contributed by atoms with Crippen LogP contribution in [0.5, 0.6) is 0 Å². The van der Waals surface area contributed by atoms with Gasteiger partial charge in [-0.25, -0.2) is 0 Å². The number of nitrogens with one attached hydrogen (secondary N) is 1. The lowest BCUT2D eigenvalue weighted by molar-refractivity contribution is -0.183. The van der Waals surface area contributed by atoms with E-state index in [1.165, 1.54) is 6.07 Å². The Balaban J connectivity index is 2.04. The largest absolute Gasteiger partial charge is 0.391 e. The third-order valence-corrected chi connectivity index (χ3v) is 3.90. The van der Waals surface area contributed by atoms with E-state index in [-0.39, 0.29) is 28.7 Å². The summed E-state index contributed by atoms with van der Waals surface area (Å²) in [5.41, 5.74) is 0.00537. The fraction of sp³-hybridized carbons (Fsp3) is 0.583. The van der Waals surface area contributed by atoms with Crippen molar-refractivity contribution in [2.45, 2.75) is 37.9 Å². The molecule has 21 heavy (non-hydrogen) atoms. The molecule has 0 bridgehead atoms. The van der Waals surface area contributed by atoms with Crippen LogP contribution in [-0.4, -0.2) is 28.3 Å². The first kappa shape index (κ1) is 16.3. The average molecular weight is 342 g/mol. The topological polar surface area (TPSA) is 54.9 Å². The fourth-order valence-electron chi connectivity index (χ4n) is 2.39. The molecule has 1 N–H and O–H groups in total. The van der Waals surface area contributed by atoms with Gasteiger partial charge in [0.05, 0.1) is 11.5 Å². The summed E-state index contributed by atoms with van der Waals surface area (Å²) in [4.78, 5) is 12.0. The zero-order chi connectivity index (χ0) is 15.6. The summed E-state index contributed by atoms with van der Waals surface area (Å²) in [6, 6.07) is 0.692. The Morgan fingerprint density at radius 1 is 1.29 bits per heavy atom. The van der Waals surface area contributed by atoms with Crippen LogP contribution in [0.15, 0.2) is 6.07 Å². The predicted octanol–water partition coefficient (Wildman–Crippen LogP) is 3.63. The minimum absolute atomic E-state index is 0.00537. The van der Waals surface area contributed by atoms with E-state index in [4.69, 9.17) is 23.2 Å². The van der Waals surface area contributed by atoms with Crippen LogP contribution >= 0.6 is 23.2 Å². The first-order chi connectivity index (χ1) is 9.77. The molecule has 1 aromatic heterocycles. The second-order valence-corrected chi connectivity index (χ2v) is 5.69. The van der Waals surface area contributed by atoms with Gasteiger partial charge in [0.2, 0.25) is 0 Å². The molecular weight excluding hydrogens is 330 g/mol. The lowest BCUT2D eigenvalue weighted by atomic mass is 9.85. The first-order valence-corrected chi connectivity index (χ1v) is 7.09. The summed E-state index contributed by atoms with van der Waals surface area (Å²) in [7, 11) is 0. The minimum Gasteiger partial charge on any atom is -0.349 e. The van der Waals surface area contributed by atoms with Crippen molar-refractivity contribution < 1.29 is 18.0 Å². The number of rotatable bonds is 2. The van der Waals surface area contributed by atoms with Crippen LogP contribution in [0.3, 0.4) is 0 Å². The van der Waals surface area contributed by atoms with Crippen molar-refractivity contribution in [2.75, 3.05) is 0 Å². The molecule has 0 radical (unpaired) electrons. The highest BCUT2D eigenvalue weighted by Crippen LogP contribution is 2.37. The Morgan fingerprint density at radius 2 is 2.00 bits per heavy atom. The number of carbonyl (C=O) groups is 1. The molecule has 0 aliphatic heterocycles. The lowest BCUT2D eigenvalue weighted by Gasteiger charge is -2.31. The van der Waals surface area contributed by atoms with Gasteiger partial charge in [0.15, 0.2) is 10.3 Å². The molecular formula is C12H12Cl2F3N3O. The van der Waals surface area contributed by atoms with Crippen LogP contribution in [-0.2, 0) is 0 Å². The zero-order valence-electron chi connectivity index (χ0n) is 10.8. The molecule has 1 saturated carbocycles. The molecule has 1 amide bonds. The van der Waals surface area contributed by atoms with Crippen LogP contribution < -0.4 is 5.32 Å². The van der Waals surface area contributed by atoms with Crippen molar-refractivity contribution in [3.05, 3.63) is 21.9 Å². The number of carbonyl (C=O) groups excluding carboxylic acids is 1. The van der Waals surface area contributed by atoms with Gasteiger partial charge < -0.3 is 5.32 Å². The highest BCUT2D eigenvalue weighted by Gasteiger charge is 2.42. The third-order valence-electron chi connectivity index (χ3n) is 3.44. The van der Waals surface area contributed by atoms with E-state index in [1.54, 1.807) is 0 Å². The van der Waals surface area contributed by atoms with Gasteiger partial charge in [0, 0.05) is 6.04 Å². The van der Waals surface area contributed by atoms with Crippen molar-refractivity contribution in [2.24, 2.45) is 5.92 Å². The zero-order valence-corrected chi connectivity index (χ0v) is 12.3. The quantitative estimate of drug-likeness (QED) is 0.893. The molecule has 9 heteroatoms. The second kappa shape index (κ2) is 6.36. The Hall–Kier alpha value is -1.08. The van der Waals surface area contributed by atoms with Crippen LogP contribution in [0.25, 0.3) is 0 Å². The molecule has 1 heterocycles. The van der Waals surface area contributed by atoms with Crippen LogP contribution in [0.1, 0.15) is 36.0 Å². The molecule has 116 valence electrons. The summed E-state index contributed by atoms with van der Waals surface area (Å²) in [6.45, 7) is 0. The Bertz CT molecular complexity index is 539. The average Bonchev–Trinajstić information content (AvgIpc) is 2.41. The van der Waals surface area contributed by atoms with Crippen molar-refractivity contribution >= 4 is 29.1 Å². The number of hydrogen-bond acceptors (Lipinski definition) is 3. The van der Waals surface area contributed by atoms with Gasteiger partial charge in [-0.3, -0.25) is 4.79 Å². The third kappa shape index (κ3) is 4.20. The number of hydrogen-bond donors (Lipinski definition) is 1. The normalized spacial score (nSPS) is 22.9. The van der Waals surface area contributed by atoms with Crippen molar-refractivity contribution in [3.63, 3.8) is 0 Å². The maximum atomic E-state index is 12.7. The van der Waals surface area contributed by atoms with Crippen LogP contribution in [0.2, 0.25) is 10.3 Å². The van der Waals surface area contributed by atoms with Gasteiger partial charge in [-0.05, 0) is 25.3 Å². The highest BCUT2D eigenvalue weighted by molar-refractivity contribution is 6.34. The Morgan fingerprint density at radius 3 is 2.67 bits per heavy atom. The maximum Gasteiger partial charge on any atom is 0.391 e. The number of alkyl halides is 3. The number of nitrogens with zero attached hydrogens (tertiary/aromatic N) is 2. The molecule has 2 unspecified atom stereocenters. The number of halogens is 5. The van der Waals surface area contributed by atoms with E-state index in [9.17, 15) is 18.0 Å².